The van der Waals surface area contributed by atoms with Crippen LogP contribution in [0.1, 0.15) is 0 Å². The Kier molecular flexibility index (Phi) is 5.48. The van der Waals surface area contributed by atoms with Crippen molar-refractivity contribution in [3.05, 3.63) is 52.7 Å². The summed E-state index contributed by atoms with van der Waals surface area (Å²) in [5, 5.41) is 58.6. The van der Waals surface area contributed by atoms with Crippen LogP contribution in [-0.2, 0) is 9.53 Å². The maximum atomic E-state index is 12.5. The summed E-state index contributed by atoms with van der Waals surface area (Å²) in [4.78, 5) is 23.7. The summed E-state index contributed by atoms with van der Waals surface area (Å²) < 4.78 is 16.1. The van der Waals surface area contributed by atoms with Crippen molar-refractivity contribution in [3.63, 3.8) is 0 Å². The van der Waals surface area contributed by atoms with E-state index in [9.17, 15) is 35.1 Å². The first kappa shape index (κ1) is 21.6. The van der Waals surface area contributed by atoms with Crippen LogP contribution in [0.3, 0.4) is 0 Å². The van der Waals surface area contributed by atoms with Gasteiger partial charge in [-0.3, -0.25) is 4.79 Å². The minimum absolute atomic E-state index is 0.00552. The zero-order valence-electron chi connectivity index (χ0n) is 16.2. The zero-order valence-corrected chi connectivity index (χ0v) is 16.2. The Bertz CT molecular complexity index is 1220. The summed E-state index contributed by atoms with van der Waals surface area (Å²) in [5.41, 5.74) is 0.00782. The van der Waals surface area contributed by atoms with E-state index in [0.717, 1.165) is 12.1 Å². The first-order valence-electron chi connectivity index (χ1n) is 9.35. The minimum Gasteiger partial charge on any atom is -0.508 e. The average Bonchev–Trinajstić information content (AvgIpc) is 2.75. The van der Waals surface area contributed by atoms with Gasteiger partial charge in [0.25, 0.3) is 0 Å². The fourth-order valence-corrected chi connectivity index (χ4v) is 3.31. The lowest BCUT2D eigenvalue weighted by atomic mass is 9.99. The molecule has 0 saturated carbocycles. The molecule has 32 heavy (non-hydrogen) atoms. The number of benzene rings is 2. The number of carbonyl (C=O) groups is 1. The largest absolute Gasteiger partial charge is 0.508 e. The van der Waals surface area contributed by atoms with E-state index in [1.54, 1.807) is 0 Å². The van der Waals surface area contributed by atoms with E-state index in [4.69, 9.17) is 19.0 Å². The zero-order chi connectivity index (χ0) is 23.2. The van der Waals surface area contributed by atoms with Crippen LogP contribution in [0, 0.1) is 0 Å². The van der Waals surface area contributed by atoms with Gasteiger partial charge < -0.3 is 44.5 Å². The summed E-state index contributed by atoms with van der Waals surface area (Å²) in [6.45, 7) is 0. The summed E-state index contributed by atoms with van der Waals surface area (Å²) in [5.74, 6) is -2.27. The number of aliphatic carboxylic acids is 1. The molecule has 11 heteroatoms. The number of hydrogen-bond donors (Lipinski definition) is 6. The second kappa shape index (κ2) is 8.13. The number of carboxylic acid groups (broad SMARTS) is 1. The third kappa shape index (κ3) is 3.85. The van der Waals surface area contributed by atoms with Gasteiger partial charge in [-0.25, -0.2) is 4.79 Å². The molecule has 0 amide bonds. The molecule has 1 aliphatic heterocycles. The maximum absolute atomic E-state index is 12.5. The number of carboxylic acids is 1. The highest BCUT2D eigenvalue weighted by molar-refractivity contribution is 5.82. The number of aliphatic hydroxyl groups excluding tert-OH is 3. The molecule has 2 aromatic carbocycles. The maximum Gasteiger partial charge on any atom is 0.335 e. The Morgan fingerprint density at radius 3 is 2.28 bits per heavy atom. The van der Waals surface area contributed by atoms with Crippen LogP contribution in [0.25, 0.3) is 22.3 Å². The highest BCUT2D eigenvalue weighted by Gasteiger charge is 2.48. The Labute approximate surface area is 178 Å². The molecule has 11 nitrogen and oxygen atoms in total. The van der Waals surface area contributed by atoms with E-state index in [0.29, 0.717) is 5.56 Å². The number of fused-ring (bicyclic) bond motifs is 1. The summed E-state index contributed by atoms with van der Waals surface area (Å²) in [7, 11) is 0. The Hall–Kier alpha value is -3.64. The van der Waals surface area contributed by atoms with E-state index in [-0.39, 0.29) is 28.2 Å². The van der Waals surface area contributed by atoms with Gasteiger partial charge in [0.05, 0.1) is 5.39 Å². The molecule has 0 spiro atoms. The number of rotatable bonds is 4. The monoisotopic (exact) mass is 446 g/mol. The summed E-state index contributed by atoms with van der Waals surface area (Å²) >= 11 is 0. The molecule has 1 aliphatic rings. The fraction of sp³-hybridized carbons (Fsp3) is 0.238. The van der Waals surface area contributed by atoms with Crippen molar-refractivity contribution in [2.45, 2.75) is 30.7 Å². The minimum atomic E-state index is -1.90. The molecule has 1 saturated heterocycles. The van der Waals surface area contributed by atoms with E-state index in [1.807, 2.05) is 0 Å². The number of aliphatic hydroxyl groups is 3. The molecule has 4 rings (SSSR count). The molecule has 2 heterocycles. The van der Waals surface area contributed by atoms with E-state index in [2.05, 4.69) is 0 Å². The molecular formula is C21H18O11. The van der Waals surface area contributed by atoms with Crippen LogP contribution < -0.4 is 10.2 Å². The Morgan fingerprint density at radius 2 is 1.62 bits per heavy atom. The van der Waals surface area contributed by atoms with Crippen LogP contribution in [0.15, 0.2) is 51.7 Å². The lowest BCUT2D eigenvalue weighted by Gasteiger charge is -2.38. The third-order valence-electron chi connectivity index (χ3n) is 5.02. The molecule has 168 valence electrons. The smallest absolute Gasteiger partial charge is 0.335 e. The SMILES string of the molecule is O=C(O)[C@H]1O[C@@H](Oc2cc3oc(-c4ccc(O)cc4)cc(=O)c3cc2O)[C@H](O)[C@@H](O)[C@@H]1O. The molecule has 0 bridgehead atoms. The highest BCUT2D eigenvalue weighted by atomic mass is 16.7. The Morgan fingerprint density at radius 1 is 0.938 bits per heavy atom. The van der Waals surface area contributed by atoms with Gasteiger partial charge in [0.15, 0.2) is 23.0 Å². The van der Waals surface area contributed by atoms with Crippen molar-refractivity contribution in [2.24, 2.45) is 0 Å². The number of ether oxygens (including phenoxy) is 2. The van der Waals surface area contributed by atoms with Crippen LogP contribution in [0.5, 0.6) is 17.2 Å². The van der Waals surface area contributed by atoms with Crippen molar-refractivity contribution in [3.8, 4) is 28.6 Å². The van der Waals surface area contributed by atoms with Gasteiger partial charge in [-0.2, -0.15) is 0 Å². The van der Waals surface area contributed by atoms with Gasteiger partial charge in [0.2, 0.25) is 6.29 Å². The van der Waals surface area contributed by atoms with Crippen LogP contribution >= 0.6 is 0 Å². The molecule has 6 N–H and O–H groups in total. The number of phenols is 2. The van der Waals surface area contributed by atoms with Gasteiger partial charge in [-0.1, -0.05) is 0 Å². The summed E-state index contributed by atoms with van der Waals surface area (Å²) in [6.07, 6.45) is -9.29. The van der Waals surface area contributed by atoms with E-state index < -0.39 is 47.9 Å². The van der Waals surface area contributed by atoms with Crippen LogP contribution in [0.2, 0.25) is 0 Å². The normalized spacial score (nSPS) is 25.5. The number of hydrogen-bond acceptors (Lipinski definition) is 10. The molecule has 0 aliphatic carbocycles. The number of aromatic hydroxyl groups is 2. The first-order valence-corrected chi connectivity index (χ1v) is 9.35. The third-order valence-corrected chi connectivity index (χ3v) is 5.02. The van der Waals surface area contributed by atoms with Crippen molar-refractivity contribution in [1.29, 1.82) is 0 Å². The van der Waals surface area contributed by atoms with Crippen LogP contribution in [0.4, 0.5) is 0 Å². The quantitative estimate of drug-likeness (QED) is 0.320. The predicted octanol–water partition coefficient (Wildman–Crippen LogP) is 0.142. The fourth-order valence-electron chi connectivity index (χ4n) is 3.31. The van der Waals surface area contributed by atoms with Crippen molar-refractivity contribution >= 4 is 16.9 Å². The van der Waals surface area contributed by atoms with Gasteiger partial charge >= 0.3 is 5.97 Å². The molecule has 0 unspecified atom stereocenters. The van der Waals surface area contributed by atoms with E-state index in [1.165, 1.54) is 30.3 Å². The van der Waals surface area contributed by atoms with Gasteiger partial charge in [0, 0.05) is 17.7 Å². The highest BCUT2D eigenvalue weighted by Crippen LogP contribution is 2.35. The molecular weight excluding hydrogens is 428 g/mol. The van der Waals surface area contributed by atoms with Gasteiger partial charge in [-0.15, -0.1) is 0 Å². The molecule has 3 aromatic rings. The second-order valence-electron chi connectivity index (χ2n) is 7.19. The van der Waals surface area contributed by atoms with Crippen LogP contribution in [-0.4, -0.2) is 67.3 Å². The molecule has 1 aromatic heterocycles. The lowest BCUT2D eigenvalue weighted by molar-refractivity contribution is -0.271. The number of phenolic OH excluding ortho intramolecular Hbond substituents is 2. The Balaban J connectivity index is 1.71. The molecule has 0 radical (unpaired) electrons. The molecule has 1 fully saturated rings. The topological polar surface area (TPSA) is 187 Å². The molecule has 5 atom stereocenters. The standard InChI is InChI=1S/C21H18O11/c22-9-3-1-8(2-4-9)13-6-11(23)10-5-12(24)15(7-14(10)30-13)31-21-18(27)16(25)17(26)19(32-21)20(28)29/h1-7,16-19,21-22,24-27H,(H,28,29)/t16-,17-,18+,19-,21+/m0/s1. The first-order chi connectivity index (χ1) is 15.2. The van der Waals surface area contributed by atoms with E-state index >= 15 is 0 Å². The summed E-state index contributed by atoms with van der Waals surface area (Å²) in [6, 6.07) is 9.28. The lowest BCUT2D eigenvalue weighted by Crippen LogP contribution is -2.61. The average molecular weight is 446 g/mol. The van der Waals surface area contributed by atoms with Gasteiger partial charge in [-0.05, 0) is 30.3 Å². The van der Waals surface area contributed by atoms with Gasteiger partial charge in [0.1, 0.15) is 35.4 Å². The van der Waals surface area contributed by atoms with Crippen molar-refractivity contribution in [2.75, 3.05) is 0 Å². The van der Waals surface area contributed by atoms with Crippen molar-refractivity contribution < 1.29 is 49.3 Å². The van der Waals surface area contributed by atoms with Crippen molar-refractivity contribution in [1.82, 2.24) is 0 Å². The predicted molar refractivity (Wildman–Crippen MR) is 106 cm³/mol. The second-order valence-corrected chi connectivity index (χ2v) is 7.19.